The van der Waals surface area contributed by atoms with Gasteiger partial charge < -0.3 is 0 Å². The van der Waals surface area contributed by atoms with Crippen molar-refractivity contribution in [2.45, 2.75) is 6.61 Å². The monoisotopic (exact) mass is 197 g/mol. The van der Waals surface area contributed by atoms with E-state index < -0.39 is 0 Å². The Kier molecular flexibility index (Phi) is 2.26. The molecule has 2 rings (SSSR count). The van der Waals surface area contributed by atoms with Crippen molar-refractivity contribution in [3.05, 3.63) is 35.0 Å². The Bertz CT molecular complexity index is 426. The van der Waals surface area contributed by atoms with Gasteiger partial charge in [-0.25, -0.2) is 10.3 Å². The van der Waals surface area contributed by atoms with Gasteiger partial charge in [-0.3, -0.25) is 4.84 Å². The van der Waals surface area contributed by atoms with Crippen molar-refractivity contribution in [3.8, 4) is 0 Å². The van der Waals surface area contributed by atoms with Crippen LogP contribution < -0.4 is 5.90 Å². The second-order valence-corrected chi connectivity index (χ2v) is 3.60. The number of rotatable bonds is 2. The Labute approximate surface area is 78.7 Å². The molecule has 0 aliphatic heterocycles. The van der Waals surface area contributed by atoms with Crippen LogP contribution in [-0.4, -0.2) is 0 Å². The van der Waals surface area contributed by atoms with Gasteiger partial charge in [0.2, 0.25) is 0 Å². The first-order valence-electron chi connectivity index (χ1n) is 3.79. The predicted molar refractivity (Wildman–Crippen MR) is 50.8 cm³/mol. The van der Waals surface area contributed by atoms with Gasteiger partial charge in [0.15, 0.2) is 0 Å². The molecule has 68 valence electrons. The molecule has 0 fully saturated rings. The third-order valence-electron chi connectivity index (χ3n) is 1.86. The highest BCUT2D eigenvalue weighted by molar-refractivity contribution is 7.17. The third kappa shape index (κ3) is 1.44. The molecule has 0 amide bonds. The molecule has 1 aromatic heterocycles. The minimum atomic E-state index is -0.217. The van der Waals surface area contributed by atoms with E-state index in [4.69, 9.17) is 5.90 Å². The fourth-order valence-electron chi connectivity index (χ4n) is 1.30. The molecule has 1 aromatic carbocycles. The van der Waals surface area contributed by atoms with Crippen LogP contribution in [0.1, 0.15) is 5.56 Å². The normalized spacial score (nSPS) is 10.9. The summed E-state index contributed by atoms with van der Waals surface area (Å²) in [6.07, 6.45) is 0. The van der Waals surface area contributed by atoms with Crippen molar-refractivity contribution in [1.29, 1.82) is 0 Å². The van der Waals surface area contributed by atoms with E-state index in [1.54, 1.807) is 6.07 Å². The molecule has 0 aliphatic rings. The molecule has 2 aromatic rings. The van der Waals surface area contributed by atoms with Gasteiger partial charge in [0.25, 0.3) is 0 Å². The van der Waals surface area contributed by atoms with E-state index in [0.29, 0.717) is 5.39 Å². The zero-order valence-electron chi connectivity index (χ0n) is 6.79. The molecule has 0 saturated carbocycles. The molecule has 2 nitrogen and oxygen atoms in total. The first kappa shape index (κ1) is 8.62. The highest BCUT2D eigenvalue weighted by atomic mass is 32.1. The van der Waals surface area contributed by atoms with E-state index in [1.807, 2.05) is 11.4 Å². The summed E-state index contributed by atoms with van der Waals surface area (Å²) in [5, 5.41) is 2.48. The van der Waals surface area contributed by atoms with Gasteiger partial charge in [0.05, 0.1) is 6.61 Å². The minimum Gasteiger partial charge on any atom is -0.300 e. The van der Waals surface area contributed by atoms with Crippen LogP contribution >= 0.6 is 11.3 Å². The van der Waals surface area contributed by atoms with Crippen LogP contribution in [0.25, 0.3) is 10.1 Å². The molecule has 1 heterocycles. The van der Waals surface area contributed by atoms with Gasteiger partial charge in [0.1, 0.15) is 5.82 Å². The standard InChI is InChI=1S/C9H8FNOS/c10-7-2-1-3-8-9(7)6(4-12-11)5-13-8/h1-3,5H,4,11H2. The highest BCUT2D eigenvalue weighted by Crippen LogP contribution is 2.28. The average Bonchev–Trinajstić information content (AvgIpc) is 2.51. The lowest BCUT2D eigenvalue weighted by molar-refractivity contribution is 0.125. The Morgan fingerprint density at radius 2 is 2.31 bits per heavy atom. The van der Waals surface area contributed by atoms with Crippen LogP contribution in [0.4, 0.5) is 4.39 Å². The van der Waals surface area contributed by atoms with Crippen molar-refractivity contribution in [3.63, 3.8) is 0 Å². The molecule has 4 heteroatoms. The number of fused-ring (bicyclic) bond motifs is 1. The SMILES string of the molecule is NOCc1csc2cccc(F)c12. The summed E-state index contributed by atoms with van der Waals surface area (Å²) < 4.78 is 14.2. The summed E-state index contributed by atoms with van der Waals surface area (Å²) >= 11 is 1.49. The van der Waals surface area contributed by atoms with Gasteiger partial charge in [-0.15, -0.1) is 11.3 Å². The Morgan fingerprint density at radius 1 is 1.46 bits per heavy atom. The second-order valence-electron chi connectivity index (χ2n) is 2.68. The Hall–Kier alpha value is -0.970. The van der Waals surface area contributed by atoms with E-state index in [9.17, 15) is 4.39 Å². The zero-order chi connectivity index (χ0) is 9.26. The van der Waals surface area contributed by atoms with Gasteiger partial charge in [-0.2, -0.15) is 0 Å². The molecule has 0 saturated heterocycles. The predicted octanol–water partition coefficient (Wildman–Crippen LogP) is 2.43. The summed E-state index contributed by atoms with van der Waals surface area (Å²) in [7, 11) is 0. The van der Waals surface area contributed by atoms with Gasteiger partial charge in [-0.05, 0) is 17.5 Å². The van der Waals surface area contributed by atoms with Crippen molar-refractivity contribution >= 4 is 21.4 Å². The molecule has 13 heavy (non-hydrogen) atoms. The second kappa shape index (κ2) is 3.41. The van der Waals surface area contributed by atoms with E-state index in [0.717, 1.165) is 10.3 Å². The van der Waals surface area contributed by atoms with Crippen molar-refractivity contribution in [2.75, 3.05) is 0 Å². The van der Waals surface area contributed by atoms with Crippen LogP contribution in [0.2, 0.25) is 0 Å². The number of hydrogen-bond acceptors (Lipinski definition) is 3. The van der Waals surface area contributed by atoms with E-state index in [-0.39, 0.29) is 12.4 Å². The van der Waals surface area contributed by atoms with Crippen LogP contribution in [0, 0.1) is 5.82 Å². The molecule has 0 unspecified atom stereocenters. The lowest BCUT2D eigenvalue weighted by Gasteiger charge is -1.97. The van der Waals surface area contributed by atoms with Crippen molar-refractivity contribution in [2.24, 2.45) is 5.90 Å². The maximum atomic E-state index is 13.3. The van der Waals surface area contributed by atoms with E-state index in [1.165, 1.54) is 17.4 Å². The molecule has 0 aliphatic carbocycles. The largest absolute Gasteiger partial charge is 0.300 e. The molecular formula is C9H8FNOS. The smallest absolute Gasteiger partial charge is 0.132 e. The highest BCUT2D eigenvalue weighted by Gasteiger charge is 2.07. The number of nitrogens with two attached hydrogens (primary N) is 1. The molecule has 0 radical (unpaired) electrons. The topological polar surface area (TPSA) is 35.2 Å². The van der Waals surface area contributed by atoms with Crippen LogP contribution in [0.15, 0.2) is 23.6 Å². The Morgan fingerprint density at radius 3 is 3.08 bits per heavy atom. The number of thiophene rings is 1. The Balaban J connectivity index is 2.64. The first-order chi connectivity index (χ1) is 6.33. The quantitative estimate of drug-likeness (QED) is 0.750. The number of benzene rings is 1. The van der Waals surface area contributed by atoms with Crippen molar-refractivity contribution in [1.82, 2.24) is 0 Å². The fourth-order valence-corrected chi connectivity index (χ4v) is 2.26. The molecule has 0 bridgehead atoms. The lowest BCUT2D eigenvalue weighted by atomic mass is 10.2. The van der Waals surface area contributed by atoms with Gasteiger partial charge in [0, 0.05) is 15.6 Å². The molecule has 0 atom stereocenters. The summed E-state index contributed by atoms with van der Waals surface area (Å²) in [5.41, 5.74) is 0.806. The van der Waals surface area contributed by atoms with Crippen LogP contribution in [-0.2, 0) is 11.4 Å². The van der Waals surface area contributed by atoms with Crippen LogP contribution in [0.3, 0.4) is 0 Å². The first-order valence-corrected chi connectivity index (χ1v) is 4.67. The molecular weight excluding hydrogens is 189 g/mol. The number of halogens is 1. The summed E-state index contributed by atoms with van der Waals surface area (Å²) in [6.45, 7) is 0.251. The third-order valence-corrected chi connectivity index (χ3v) is 2.86. The maximum Gasteiger partial charge on any atom is 0.132 e. The maximum absolute atomic E-state index is 13.3. The summed E-state index contributed by atoms with van der Waals surface area (Å²) in [6, 6.07) is 5.01. The fraction of sp³-hybridized carbons (Fsp3) is 0.111. The van der Waals surface area contributed by atoms with E-state index in [2.05, 4.69) is 4.84 Å². The van der Waals surface area contributed by atoms with Crippen LogP contribution in [0.5, 0.6) is 0 Å². The lowest BCUT2D eigenvalue weighted by Crippen LogP contribution is -1.98. The average molecular weight is 197 g/mol. The molecule has 0 spiro atoms. The summed E-state index contributed by atoms with van der Waals surface area (Å²) in [4.78, 5) is 4.49. The minimum absolute atomic E-state index is 0.217. The molecule has 2 N–H and O–H groups in total. The van der Waals surface area contributed by atoms with Crippen molar-refractivity contribution < 1.29 is 9.23 Å². The number of hydrogen-bond donors (Lipinski definition) is 1. The summed E-state index contributed by atoms with van der Waals surface area (Å²) in [5.74, 6) is 4.73. The van der Waals surface area contributed by atoms with E-state index >= 15 is 0 Å². The zero-order valence-corrected chi connectivity index (χ0v) is 7.60. The van der Waals surface area contributed by atoms with Gasteiger partial charge in [-0.1, -0.05) is 6.07 Å². The van der Waals surface area contributed by atoms with Gasteiger partial charge >= 0.3 is 0 Å².